The molecule has 1 fully saturated rings. The Bertz CT molecular complexity index is 804. The third-order valence-corrected chi connectivity index (χ3v) is 6.01. The summed E-state index contributed by atoms with van der Waals surface area (Å²) < 4.78 is 37.4. The first-order valence-corrected chi connectivity index (χ1v) is 11.6. The summed E-state index contributed by atoms with van der Waals surface area (Å²) in [4.78, 5) is 26.7. The zero-order valence-corrected chi connectivity index (χ0v) is 18.5. The molecular formula is C20H31N3O6S. The molecule has 0 aromatic heterocycles. The van der Waals surface area contributed by atoms with E-state index in [0.29, 0.717) is 32.8 Å². The zero-order valence-electron chi connectivity index (χ0n) is 17.7. The average molecular weight is 442 g/mol. The predicted molar refractivity (Wildman–Crippen MR) is 112 cm³/mol. The van der Waals surface area contributed by atoms with Crippen molar-refractivity contribution in [2.24, 2.45) is 5.92 Å². The molecule has 0 unspecified atom stereocenters. The van der Waals surface area contributed by atoms with Crippen LogP contribution in [0.1, 0.15) is 31.1 Å². The van der Waals surface area contributed by atoms with E-state index in [2.05, 4.69) is 14.9 Å². The van der Waals surface area contributed by atoms with Crippen LogP contribution in [0.5, 0.6) is 0 Å². The van der Waals surface area contributed by atoms with Crippen LogP contribution in [-0.4, -0.2) is 77.2 Å². The largest absolute Gasteiger partial charge is 0.449 e. The summed E-state index contributed by atoms with van der Waals surface area (Å²) >= 11 is 0. The van der Waals surface area contributed by atoms with Crippen molar-refractivity contribution in [2.75, 3.05) is 45.9 Å². The summed E-state index contributed by atoms with van der Waals surface area (Å²) in [6.07, 6.45) is -0.960. The average Bonchev–Trinajstić information content (AvgIpc) is 2.73. The summed E-state index contributed by atoms with van der Waals surface area (Å²) in [6.45, 7) is 9.83. The maximum atomic E-state index is 12.3. The maximum absolute atomic E-state index is 12.3. The van der Waals surface area contributed by atoms with Crippen molar-refractivity contribution in [3.63, 3.8) is 0 Å². The molecule has 0 saturated carbocycles. The summed E-state index contributed by atoms with van der Waals surface area (Å²) in [5.74, 6) is -0.894. The van der Waals surface area contributed by atoms with E-state index < -0.39 is 22.1 Å². The van der Waals surface area contributed by atoms with Crippen molar-refractivity contribution >= 4 is 21.9 Å². The lowest BCUT2D eigenvalue weighted by Crippen LogP contribution is -2.43. The number of rotatable bonds is 10. The number of amides is 1. The van der Waals surface area contributed by atoms with Crippen molar-refractivity contribution < 1.29 is 27.5 Å². The number of benzene rings is 1. The van der Waals surface area contributed by atoms with Gasteiger partial charge in [0.2, 0.25) is 10.0 Å². The quantitative estimate of drug-likeness (QED) is 0.512. The number of morpholine rings is 1. The van der Waals surface area contributed by atoms with Gasteiger partial charge in [0.25, 0.3) is 5.91 Å². The molecule has 9 nitrogen and oxygen atoms in total. The van der Waals surface area contributed by atoms with E-state index in [0.717, 1.165) is 13.1 Å². The maximum Gasteiger partial charge on any atom is 0.338 e. The number of ether oxygens (including phenoxy) is 2. The second-order valence-corrected chi connectivity index (χ2v) is 9.33. The van der Waals surface area contributed by atoms with Gasteiger partial charge in [-0.25, -0.2) is 17.9 Å². The third-order valence-electron chi connectivity index (χ3n) is 4.57. The molecule has 1 aromatic carbocycles. The SMILES string of the molecule is CC(C)CNS(=O)(=O)c1ccc(C(=O)O[C@H](C)C(=O)NCCN2CCOCC2)cc1. The van der Waals surface area contributed by atoms with Crippen LogP contribution in [0.15, 0.2) is 29.2 Å². The fourth-order valence-corrected chi connectivity index (χ4v) is 3.93. The second-order valence-electron chi connectivity index (χ2n) is 7.56. The number of nitrogens with one attached hydrogen (secondary N) is 2. The Hall–Kier alpha value is -2.01. The van der Waals surface area contributed by atoms with E-state index in [9.17, 15) is 18.0 Å². The van der Waals surface area contributed by atoms with Crippen molar-refractivity contribution in [3.05, 3.63) is 29.8 Å². The predicted octanol–water partition coefficient (Wildman–Crippen LogP) is 0.615. The molecular weight excluding hydrogens is 410 g/mol. The van der Waals surface area contributed by atoms with E-state index in [1.165, 1.54) is 31.2 Å². The summed E-state index contributed by atoms with van der Waals surface area (Å²) in [6, 6.07) is 5.42. The van der Waals surface area contributed by atoms with Gasteiger partial charge in [0.05, 0.1) is 23.7 Å². The van der Waals surface area contributed by atoms with E-state index in [4.69, 9.17) is 9.47 Å². The Morgan fingerprint density at radius 1 is 1.13 bits per heavy atom. The van der Waals surface area contributed by atoms with Gasteiger partial charge in [0.15, 0.2) is 6.10 Å². The highest BCUT2D eigenvalue weighted by Crippen LogP contribution is 2.12. The van der Waals surface area contributed by atoms with Crippen molar-refractivity contribution in [2.45, 2.75) is 31.8 Å². The summed E-state index contributed by atoms with van der Waals surface area (Å²) in [5, 5.41) is 2.75. The van der Waals surface area contributed by atoms with Crippen molar-refractivity contribution in [1.82, 2.24) is 14.9 Å². The molecule has 0 spiro atoms. The van der Waals surface area contributed by atoms with E-state index >= 15 is 0 Å². The Kier molecular flexibility index (Phi) is 9.22. The van der Waals surface area contributed by atoms with Crippen LogP contribution in [0.2, 0.25) is 0 Å². The van der Waals surface area contributed by atoms with Gasteiger partial charge in [-0.15, -0.1) is 0 Å². The third kappa shape index (κ3) is 7.67. The fourth-order valence-electron chi connectivity index (χ4n) is 2.72. The Morgan fingerprint density at radius 3 is 2.37 bits per heavy atom. The van der Waals surface area contributed by atoms with Crippen LogP contribution in [0.25, 0.3) is 0 Å². The minimum atomic E-state index is -3.63. The minimum Gasteiger partial charge on any atom is -0.449 e. The van der Waals surface area contributed by atoms with Gasteiger partial charge in [-0.05, 0) is 37.1 Å². The standard InChI is InChI=1S/C20H31N3O6S/c1-15(2)14-22-30(26,27)18-6-4-17(5-7-18)20(25)29-16(3)19(24)21-8-9-23-10-12-28-13-11-23/h4-7,15-16,22H,8-14H2,1-3H3,(H,21,24)/t16-/m1/s1. The second kappa shape index (κ2) is 11.4. The smallest absolute Gasteiger partial charge is 0.338 e. The Balaban J connectivity index is 1.82. The van der Waals surface area contributed by atoms with Crippen LogP contribution in [0.3, 0.4) is 0 Å². The number of esters is 1. The molecule has 1 aromatic rings. The molecule has 168 valence electrons. The van der Waals surface area contributed by atoms with E-state index in [-0.39, 0.29) is 22.3 Å². The van der Waals surface area contributed by atoms with Crippen LogP contribution >= 0.6 is 0 Å². The van der Waals surface area contributed by atoms with Crippen LogP contribution in [0, 0.1) is 5.92 Å². The number of carbonyl (C=O) groups excluding carboxylic acids is 2. The van der Waals surface area contributed by atoms with Gasteiger partial charge >= 0.3 is 5.97 Å². The minimum absolute atomic E-state index is 0.0635. The first-order valence-electron chi connectivity index (χ1n) is 10.1. The number of hydrogen-bond donors (Lipinski definition) is 2. The van der Waals surface area contributed by atoms with Gasteiger partial charge in [-0.2, -0.15) is 0 Å². The number of nitrogens with zero attached hydrogens (tertiary/aromatic N) is 1. The normalized spacial score (nSPS) is 16.3. The zero-order chi connectivity index (χ0) is 22.1. The number of sulfonamides is 1. The summed E-state index contributed by atoms with van der Waals surface area (Å²) in [5.41, 5.74) is 0.172. The first-order chi connectivity index (χ1) is 14.2. The van der Waals surface area contributed by atoms with Crippen LogP contribution < -0.4 is 10.0 Å². The number of carbonyl (C=O) groups is 2. The molecule has 1 aliphatic heterocycles. The van der Waals surface area contributed by atoms with Gasteiger partial charge in [0, 0.05) is 32.7 Å². The number of hydrogen-bond acceptors (Lipinski definition) is 7. The molecule has 0 bridgehead atoms. The van der Waals surface area contributed by atoms with Crippen molar-refractivity contribution in [3.8, 4) is 0 Å². The Morgan fingerprint density at radius 2 is 1.77 bits per heavy atom. The van der Waals surface area contributed by atoms with E-state index in [1.54, 1.807) is 0 Å². The molecule has 1 aliphatic rings. The molecule has 1 heterocycles. The highest BCUT2D eigenvalue weighted by molar-refractivity contribution is 7.89. The lowest BCUT2D eigenvalue weighted by molar-refractivity contribution is -0.129. The molecule has 1 amide bonds. The van der Waals surface area contributed by atoms with E-state index in [1.807, 2.05) is 13.8 Å². The molecule has 0 aliphatic carbocycles. The molecule has 10 heteroatoms. The lowest BCUT2D eigenvalue weighted by atomic mass is 10.2. The molecule has 30 heavy (non-hydrogen) atoms. The lowest BCUT2D eigenvalue weighted by Gasteiger charge is -2.26. The van der Waals surface area contributed by atoms with Gasteiger partial charge in [-0.1, -0.05) is 13.8 Å². The highest BCUT2D eigenvalue weighted by Gasteiger charge is 2.20. The topological polar surface area (TPSA) is 114 Å². The molecule has 1 atom stereocenters. The highest BCUT2D eigenvalue weighted by atomic mass is 32.2. The van der Waals surface area contributed by atoms with Gasteiger partial charge < -0.3 is 14.8 Å². The van der Waals surface area contributed by atoms with Gasteiger partial charge in [0.1, 0.15) is 0 Å². The molecule has 1 saturated heterocycles. The van der Waals surface area contributed by atoms with Crippen LogP contribution in [-0.2, 0) is 24.3 Å². The Labute approximate surface area is 178 Å². The van der Waals surface area contributed by atoms with Crippen LogP contribution in [0.4, 0.5) is 0 Å². The summed E-state index contributed by atoms with van der Waals surface area (Å²) in [7, 11) is -3.63. The molecule has 0 radical (unpaired) electrons. The van der Waals surface area contributed by atoms with Crippen molar-refractivity contribution in [1.29, 1.82) is 0 Å². The van der Waals surface area contributed by atoms with Gasteiger partial charge in [-0.3, -0.25) is 9.69 Å². The molecule has 2 rings (SSSR count). The first kappa shape index (κ1) is 24.3. The molecule has 2 N–H and O–H groups in total. The fraction of sp³-hybridized carbons (Fsp3) is 0.600. The monoisotopic (exact) mass is 441 g/mol.